The first kappa shape index (κ1) is 11.8. The highest BCUT2D eigenvalue weighted by Gasteiger charge is 2.16. The highest BCUT2D eigenvalue weighted by molar-refractivity contribution is 7.14. The summed E-state index contributed by atoms with van der Waals surface area (Å²) in [6.07, 6.45) is 0. The van der Waals surface area contributed by atoms with E-state index in [0.717, 1.165) is 16.2 Å². The number of carbonyl (C=O) groups is 2. The van der Waals surface area contributed by atoms with Gasteiger partial charge in [-0.3, -0.25) is 4.79 Å². The van der Waals surface area contributed by atoms with E-state index in [1.807, 2.05) is 0 Å². The molecule has 0 fully saturated rings. The Bertz CT molecular complexity index is 557. The molecule has 6 heteroatoms. The molecule has 0 aliphatic rings. The predicted molar refractivity (Wildman–Crippen MR) is 68.3 cm³/mol. The predicted octanol–water partition coefficient (Wildman–Crippen LogP) is 3.07. The summed E-state index contributed by atoms with van der Waals surface area (Å²) < 4.78 is 0. The molecule has 0 aromatic carbocycles. The molecule has 0 atom stereocenters. The molecule has 0 aliphatic heterocycles. The van der Waals surface area contributed by atoms with Crippen LogP contribution in [0.25, 0.3) is 0 Å². The fraction of sp³-hybridized carbons (Fsp3) is 0.0909. The second kappa shape index (κ2) is 4.68. The van der Waals surface area contributed by atoms with Crippen LogP contribution in [-0.2, 0) is 0 Å². The van der Waals surface area contributed by atoms with Crippen LogP contribution in [0, 0.1) is 6.92 Å². The summed E-state index contributed by atoms with van der Waals surface area (Å²) in [4.78, 5) is 24.3. The van der Waals surface area contributed by atoms with Gasteiger partial charge >= 0.3 is 5.97 Å². The van der Waals surface area contributed by atoms with E-state index < -0.39 is 5.97 Å². The number of anilines is 1. The van der Waals surface area contributed by atoms with E-state index in [-0.39, 0.29) is 10.8 Å². The zero-order valence-electron chi connectivity index (χ0n) is 8.89. The van der Waals surface area contributed by atoms with Crippen molar-refractivity contribution in [3.63, 3.8) is 0 Å². The second-order valence-corrected chi connectivity index (χ2v) is 5.54. The third-order valence-electron chi connectivity index (χ3n) is 2.04. The van der Waals surface area contributed by atoms with Crippen molar-refractivity contribution in [2.75, 3.05) is 5.32 Å². The minimum Gasteiger partial charge on any atom is -0.477 e. The zero-order chi connectivity index (χ0) is 12.4. The van der Waals surface area contributed by atoms with Crippen molar-refractivity contribution in [1.29, 1.82) is 0 Å². The van der Waals surface area contributed by atoms with E-state index in [2.05, 4.69) is 5.32 Å². The van der Waals surface area contributed by atoms with E-state index in [9.17, 15) is 9.59 Å². The van der Waals surface area contributed by atoms with E-state index in [1.165, 1.54) is 11.3 Å². The highest BCUT2D eigenvalue weighted by Crippen LogP contribution is 2.27. The van der Waals surface area contributed by atoms with Crippen LogP contribution in [0.3, 0.4) is 0 Å². The average Bonchev–Trinajstić information content (AvgIpc) is 2.86. The van der Waals surface area contributed by atoms with Crippen LogP contribution in [0.5, 0.6) is 0 Å². The number of thiophene rings is 2. The molecule has 0 saturated heterocycles. The molecule has 0 saturated carbocycles. The Kier molecular flexibility index (Phi) is 3.26. The van der Waals surface area contributed by atoms with Gasteiger partial charge in [-0.05, 0) is 24.4 Å². The fourth-order valence-corrected chi connectivity index (χ4v) is 2.78. The van der Waals surface area contributed by atoms with Gasteiger partial charge in [0.2, 0.25) is 0 Å². The van der Waals surface area contributed by atoms with Crippen LogP contribution >= 0.6 is 22.7 Å². The lowest BCUT2D eigenvalue weighted by Crippen LogP contribution is -2.11. The number of carboxylic acid groups (broad SMARTS) is 1. The van der Waals surface area contributed by atoms with Crippen molar-refractivity contribution in [1.82, 2.24) is 0 Å². The number of carboxylic acids is 1. The standard InChI is InChI=1S/C11H9NO3S2/c1-6-5-7(9(17-6)11(14)15)12-10(13)8-3-2-4-16-8/h2-5H,1H3,(H,12,13)(H,14,15). The molecule has 2 rings (SSSR count). The van der Waals surface area contributed by atoms with E-state index in [1.54, 1.807) is 30.5 Å². The second-order valence-electron chi connectivity index (χ2n) is 3.34. The van der Waals surface area contributed by atoms with Gasteiger partial charge in [-0.1, -0.05) is 6.07 Å². The number of nitrogens with one attached hydrogen (secondary N) is 1. The summed E-state index contributed by atoms with van der Waals surface area (Å²) >= 11 is 2.47. The molecule has 4 nitrogen and oxygen atoms in total. The Morgan fingerprint density at radius 2 is 2.18 bits per heavy atom. The number of aryl methyl sites for hydroxylation is 1. The molecule has 17 heavy (non-hydrogen) atoms. The molecule has 0 bridgehead atoms. The third-order valence-corrected chi connectivity index (χ3v) is 3.95. The summed E-state index contributed by atoms with van der Waals surface area (Å²) in [7, 11) is 0. The van der Waals surface area contributed by atoms with Crippen molar-refractivity contribution < 1.29 is 14.7 Å². The maximum atomic E-state index is 11.8. The molecule has 0 radical (unpaired) electrons. The summed E-state index contributed by atoms with van der Waals surface area (Å²) in [6, 6.07) is 5.13. The van der Waals surface area contributed by atoms with Crippen molar-refractivity contribution in [2.24, 2.45) is 0 Å². The quantitative estimate of drug-likeness (QED) is 0.898. The maximum absolute atomic E-state index is 11.8. The largest absolute Gasteiger partial charge is 0.477 e. The summed E-state index contributed by atoms with van der Waals surface area (Å²) in [5, 5.41) is 13.4. The van der Waals surface area contributed by atoms with Gasteiger partial charge in [0.15, 0.2) is 0 Å². The van der Waals surface area contributed by atoms with Crippen molar-refractivity contribution >= 4 is 40.2 Å². The molecule has 2 heterocycles. The summed E-state index contributed by atoms with van der Waals surface area (Å²) in [5.41, 5.74) is 0.360. The maximum Gasteiger partial charge on any atom is 0.348 e. The van der Waals surface area contributed by atoms with Crippen LogP contribution in [0.4, 0.5) is 5.69 Å². The van der Waals surface area contributed by atoms with E-state index in [4.69, 9.17) is 5.11 Å². The fourth-order valence-electron chi connectivity index (χ4n) is 1.36. The first-order valence-electron chi connectivity index (χ1n) is 4.76. The number of hydrogen-bond donors (Lipinski definition) is 2. The van der Waals surface area contributed by atoms with Gasteiger partial charge in [0, 0.05) is 4.88 Å². The molecule has 0 spiro atoms. The smallest absolute Gasteiger partial charge is 0.348 e. The molecule has 0 unspecified atom stereocenters. The zero-order valence-corrected chi connectivity index (χ0v) is 10.5. The van der Waals surface area contributed by atoms with Gasteiger partial charge < -0.3 is 10.4 Å². The average molecular weight is 267 g/mol. The molecule has 1 amide bonds. The lowest BCUT2D eigenvalue weighted by Gasteiger charge is -2.01. The van der Waals surface area contributed by atoms with E-state index >= 15 is 0 Å². The molecule has 2 aromatic heterocycles. The lowest BCUT2D eigenvalue weighted by atomic mass is 10.3. The highest BCUT2D eigenvalue weighted by atomic mass is 32.1. The molecular weight excluding hydrogens is 258 g/mol. The number of aromatic carboxylic acids is 1. The minimum absolute atomic E-state index is 0.160. The topological polar surface area (TPSA) is 66.4 Å². The summed E-state index contributed by atoms with van der Waals surface area (Å²) in [5.74, 6) is -1.30. The molecule has 2 N–H and O–H groups in total. The Morgan fingerprint density at radius 3 is 2.76 bits per heavy atom. The van der Waals surface area contributed by atoms with Gasteiger partial charge in [-0.25, -0.2) is 4.79 Å². The van der Waals surface area contributed by atoms with Crippen molar-refractivity contribution in [2.45, 2.75) is 6.92 Å². The van der Waals surface area contributed by atoms with Crippen LogP contribution in [0.15, 0.2) is 23.6 Å². The van der Waals surface area contributed by atoms with Gasteiger partial charge in [0.1, 0.15) is 4.88 Å². The summed E-state index contributed by atoms with van der Waals surface area (Å²) in [6.45, 7) is 1.80. The van der Waals surface area contributed by atoms with Crippen LogP contribution in [0.2, 0.25) is 0 Å². The minimum atomic E-state index is -1.02. The number of hydrogen-bond acceptors (Lipinski definition) is 4. The van der Waals surface area contributed by atoms with Crippen LogP contribution in [-0.4, -0.2) is 17.0 Å². The Hall–Kier alpha value is -1.66. The number of carbonyl (C=O) groups excluding carboxylic acids is 1. The first-order chi connectivity index (χ1) is 8.08. The third kappa shape index (κ3) is 2.54. The van der Waals surface area contributed by atoms with E-state index in [0.29, 0.717) is 10.6 Å². The SMILES string of the molecule is Cc1cc(NC(=O)c2cccs2)c(C(=O)O)s1. The number of rotatable bonds is 3. The van der Waals surface area contributed by atoms with Crippen molar-refractivity contribution in [3.8, 4) is 0 Å². The normalized spacial score (nSPS) is 10.2. The van der Waals surface area contributed by atoms with Crippen LogP contribution in [0.1, 0.15) is 24.2 Å². The van der Waals surface area contributed by atoms with Gasteiger partial charge in [0.05, 0.1) is 10.6 Å². The monoisotopic (exact) mass is 267 g/mol. The Morgan fingerprint density at radius 1 is 1.41 bits per heavy atom. The lowest BCUT2D eigenvalue weighted by molar-refractivity contribution is 0.0703. The Labute approximate surface area is 106 Å². The first-order valence-corrected chi connectivity index (χ1v) is 6.46. The van der Waals surface area contributed by atoms with Gasteiger partial charge in [-0.15, -0.1) is 22.7 Å². The van der Waals surface area contributed by atoms with Gasteiger partial charge in [-0.2, -0.15) is 0 Å². The van der Waals surface area contributed by atoms with Crippen LogP contribution < -0.4 is 5.32 Å². The molecule has 0 aliphatic carbocycles. The molecule has 88 valence electrons. The number of amides is 1. The molecular formula is C11H9NO3S2. The van der Waals surface area contributed by atoms with Crippen molar-refractivity contribution in [3.05, 3.63) is 38.2 Å². The molecule has 2 aromatic rings. The Balaban J connectivity index is 2.24. The van der Waals surface area contributed by atoms with Gasteiger partial charge in [0.25, 0.3) is 5.91 Å².